The van der Waals surface area contributed by atoms with Crippen LogP contribution in [-0.4, -0.2) is 30.5 Å². The maximum absolute atomic E-state index is 12.6. The predicted molar refractivity (Wildman–Crippen MR) is 87.0 cm³/mol. The second-order valence-corrected chi connectivity index (χ2v) is 5.83. The van der Waals surface area contributed by atoms with Gasteiger partial charge in [-0.05, 0) is 37.1 Å². The van der Waals surface area contributed by atoms with E-state index in [0.29, 0.717) is 19.7 Å². The molecule has 1 saturated heterocycles. The number of morpholine rings is 1. The summed E-state index contributed by atoms with van der Waals surface area (Å²) < 4.78 is 5.89. The average Bonchev–Trinajstić information content (AvgIpc) is 2.55. The number of ether oxygens (including phenoxy) is 1. The van der Waals surface area contributed by atoms with Crippen molar-refractivity contribution in [2.45, 2.75) is 20.0 Å². The first-order valence-electron chi connectivity index (χ1n) is 7.68. The molecule has 1 fully saturated rings. The third kappa shape index (κ3) is 3.04. The molecule has 1 amide bonds. The molecular formula is C19H21NO2. The Kier molecular flexibility index (Phi) is 4.25. The van der Waals surface area contributed by atoms with Crippen LogP contribution < -0.4 is 0 Å². The van der Waals surface area contributed by atoms with Crippen molar-refractivity contribution in [3.63, 3.8) is 0 Å². The van der Waals surface area contributed by atoms with Gasteiger partial charge in [-0.1, -0.05) is 42.0 Å². The molecule has 3 heteroatoms. The van der Waals surface area contributed by atoms with Crippen molar-refractivity contribution in [1.82, 2.24) is 4.90 Å². The van der Waals surface area contributed by atoms with Gasteiger partial charge in [0.1, 0.15) is 6.10 Å². The average molecular weight is 295 g/mol. The first kappa shape index (κ1) is 14.8. The van der Waals surface area contributed by atoms with Crippen molar-refractivity contribution >= 4 is 5.91 Å². The lowest BCUT2D eigenvalue weighted by Crippen LogP contribution is -2.42. The Bertz CT molecular complexity index is 663. The van der Waals surface area contributed by atoms with E-state index in [9.17, 15) is 4.79 Å². The standard InChI is InChI=1S/C19H21NO2/c1-14-7-9-16(10-8-14)19(21)20-11-12-22-18(13-20)17-6-4-3-5-15(17)2/h3-10,18H,11-13H2,1-2H3. The molecule has 2 aromatic rings. The molecule has 22 heavy (non-hydrogen) atoms. The summed E-state index contributed by atoms with van der Waals surface area (Å²) in [5, 5.41) is 0. The van der Waals surface area contributed by atoms with Gasteiger partial charge in [0.25, 0.3) is 5.91 Å². The second kappa shape index (κ2) is 6.32. The Morgan fingerprint density at radius 3 is 2.55 bits per heavy atom. The highest BCUT2D eigenvalue weighted by Gasteiger charge is 2.26. The highest BCUT2D eigenvalue weighted by molar-refractivity contribution is 5.94. The molecule has 0 N–H and O–H groups in total. The van der Waals surface area contributed by atoms with Crippen molar-refractivity contribution < 1.29 is 9.53 Å². The summed E-state index contributed by atoms with van der Waals surface area (Å²) in [5.74, 6) is 0.0851. The topological polar surface area (TPSA) is 29.5 Å². The Morgan fingerprint density at radius 2 is 1.82 bits per heavy atom. The molecule has 2 aromatic carbocycles. The van der Waals surface area contributed by atoms with Gasteiger partial charge in [-0.25, -0.2) is 0 Å². The largest absolute Gasteiger partial charge is 0.370 e. The normalized spacial score (nSPS) is 18.3. The molecule has 1 aliphatic heterocycles. The van der Waals surface area contributed by atoms with Crippen LogP contribution in [0.2, 0.25) is 0 Å². The van der Waals surface area contributed by atoms with Crippen LogP contribution in [0.5, 0.6) is 0 Å². The molecule has 3 nitrogen and oxygen atoms in total. The second-order valence-electron chi connectivity index (χ2n) is 5.83. The van der Waals surface area contributed by atoms with Gasteiger partial charge in [0.15, 0.2) is 0 Å². The summed E-state index contributed by atoms with van der Waals surface area (Å²) in [5.41, 5.74) is 4.29. The minimum atomic E-state index is -0.0376. The number of nitrogens with zero attached hydrogens (tertiary/aromatic N) is 1. The number of carbonyl (C=O) groups is 1. The van der Waals surface area contributed by atoms with E-state index in [4.69, 9.17) is 4.74 Å². The van der Waals surface area contributed by atoms with Gasteiger partial charge in [-0.15, -0.1) is 0 Å². The number of aryl methyl sites for hydroxylation is 2. The summed E-state index contributed by atoms with van der Waals surface area (Å²) in [4.78, 5) is 14.5. The van der Waals surface area contributed by atoms with Gasteiger partial charge in [0.2, 0.25) is 0 Å². The molecule has 1 unspecified atom stereocenters. The summed E-state index contributed by atoms with van der Waals surface area (Å²) in [7, 11) is 0. The van der Waals surface area contributed by atoms with Crippen molar-refractivity contribution in [1.29, 1.82) is 0 Å². The van der Waals surface area contributed by atoms with E-state index in [1.807, 2.05) is 48.2 Å². The van der Waals surface area contributed by atoms with Gasteiger partial charge in [-0.3, -0.25) is 4.79 Å². The number of benzene rings is 2. The van der Waals surface area contributed by atoms with Crippen molar-refractivity contribution in [3.8, 4) is 0 Å². The highest BCUT2D eigenvalue weighted by Crippen LogP contribution is 2.25. The molecule has 0 aromatic heterocycles. The third-order valence-electron chi connectivity index (χ3n) is 4.19. The van der Waals surface area contributed by atoms with Gasteiger partial charge >= 0.3 is 0 Å². The Labute approximate surface area is 131 Å². The zero-order chi connectivity index (χ0) is 15.5. The Morgan fingerprint density at radius 1 is 1.09 bits per heavy atom. The molecule has 1 heterocycles. The number of hydrogen-bond donors (Lipinski definition) is 0. The maximum atomic E-state index is 12.6. The van der Waals surface area contributed by atoms with Gasteiger partial charge in [-0.2, -0.15) is 0 Å². The van der Waals surface area contributed by atoms with Crippen LogP contribution in [0.3, 0.4) is 0 Å². The summed E-state index contributed by atoms with van der Waals surface area (Å²) in [6, 6.07) is 16.0. The lowest BCUT2D eigenvalue weighted by atomic mass is 10.0. The van der Waals surface area contributed by atoms with E-state index >= 15 is 0 Å². The molecule has 0 radical (unpaired) electrons. The van der Waals surface area contributed by atoms with Crippen molar-refractivity contribution in [2.75, 3.05) is 19.7 Å². The highest BCUT2D eigenvalue weighted by atomic mass is 16.5. The zero-order valence-electron chi connectivity index (χ0n) is 13.1. The van der Waals surface area contributed by atoms with Crippen LogP contribution in [-0.2, 0) is 4.74 Å². The van der Waals surface area contributed by atoms with E-state index < -0.39 is 0 Å². The fourth-order valence-electron chi connectivity index (χ4n) is 2.85. The SMILES string of the molecule is Cc1ccc(C(=O)N2CCOC(c3ccccc3C)C2)cc1. The van der Waals surface area contributed by atoms with Crippen molar-refractivity contribution in [2.24, 2.45) is 0 Å². The maximum Gasteiger partial charge on any atom is 0.254 e. The van der Waals surface area contributed by atoms with Gasteiger partial charge < -0.3 is 9.64 Å². The fourth-order valence-corrected chi connectivity index (χ4v) is 2.85. The van der Waals surface area contributed by atoms with Crippen LogP contribution in [0.4, 0.5) is 0 Å². The molecule has 1 atom stereocenters. The van der Waals surface area contributed by atoms with Crippen molar-refractivity contribution in [3.05, 3.63) is 70.8 Å². The lowest BCUT2D eigenvalue weighted by molar-refractivity contribution is -0.0230. The Hall–Kier alpha value is -2.13. The fraction of sp³-hybridized carbons (Fsp3) is 0.316. The predicted octanol–water partition coefficient (Wildman–Crippen LogP) is 3.52. The van der Waals surface area contributed by atoms with Crippen LogP contribution >= 0.6 is 0 Å². The lowest BCUT2D eigenvalue weighted by Gasteiger charge is -2.34. The monoisotopic (exact) mass is 295 g/mol. The third-order valence-corrected chi connectivity index (χ3v) is 4.19. The van der Waals surface area contributed by atoms with Gasteiger partial charge in [0.05, 0.1) is 13.2 Å². The van der Waals surface area contributed by atoms with E-state index in [-0.39, 0.29) is 12.0 Å². The van der Waals surface area contributed by atoms with E-state index in [2.05, 4.69) is 19.1 Å². The summed E-state index contributed by atoms with van der Waals surface area (Å²) in [6.45, 7) is 5.94. The first-order valence-corrected chi connectivity index (χ1v) is 7.68. The zero-order valence-corrected chi connectivity index (χ0v) is 13.1. The molecule has 0 bridgehead atoms. The molecule has 0 saturated carbocycles. The van der Waals surface area contributed by atoms with E-state index in [1.54, 1.807) is 0 Å². The molecule has 114 valence electrons. The minimum absolute atomic E-state index is 0.0376. The summed E-state index contributed by atoms with van der Waals surface area (Å²) in [6.07, 6.45) is -0.0376. The first-order chi connectivity index (χ1) is 10.6. The number of amides is 1. The molecule has 0 spiro atoms. The van der Waals surface area contributed by atoms with E-state index in [1.165, 1.54) is 11.1 Å². The van der Waals surface area contributed by atoms with Crippen LogP contribution in [0, 0.1) is 13.8 Å². The smallest absolute Gasteiger partial charge is 0.254 e. The van der Waals surface area contributed by atoms with Crippen LogP contribution in [0.1, 0.15) is 33.2 Å². The van der Waals surface area contributed by atoms with Gasteiger partial charge in [0, 0.05) is 12.1 Å². The quantitative estimate of drug-likeness (QED) is 0.848. The number of carbonyl (C=O) groups excluding carboxylic acids is 1. The van der Waals surface area contributed by atoms with Crippen LogP contribution in [0.25, 0.3) is 0 Å². The summed E-state index contributed by atoms with van der Waals surface area (Å²) >= 11 is 0. The minimum Gasteiger partial charge on any atom is -0.370 e. The molecular weight excluding hydrogens is 274 g/mol. The number of hydrogen-bond acceptors (Lipinski definition) is 2. The molecule has 3 rings (SSSR count). The Balaban J connectivity index is 1.77. The molecule has 0 aliphatic carbocycles. The van der Waals surface area contributed by atoms with E-state index in [0.717, 1.165) is 11.1 Å². The molecule has 1 aliphatic rings. The van der Waals surface area contributed by atoms with Crippen LogP contribution in [0.15, 0.2) is 48.5 Å². The number of rotatable bonds is 2.